The minimum Gasteiger partial charge on any atom is -0.352 e. The van der Waals surface area contributed by atoms with Crippen molar-refractivity contribution in [3.05, 3.63) is 112 Å². The first-order chi connectivity index (χ1) is 18.7. The Hall–Kier alpha value is -3.97. The Balaban J connectivity index is 1.49. The van der Waals surface area contributed by atoms with Gasteiger partial charge in [0.15, 0.2) is 5.11 Å². The van der Waals surface area contributed by atoms with E-state index in [1.54, 1.807) is 0 Å². The van der Waals surface area contributed by atoms with E-state index in [9.17, 15) is 4.79 Å². The molecule has 5 rings (SSSR count). The zero-order valence-electron chi connectivity index (χ0n) is 23.2. The molecule has 0 radical (unpaired) electrons. The highest BCUT2D eigenvalue weighted by molar-refractivity contribution is 7.80. The topological polar surface area (TPSA) is 62.2 Å². The number of thiocarbonyl (C=S) groups is 1. The number of carbonyl (C=O) groups is 1. The summed E-state index contributed by atoms with van der Waals surface area (Å²) in [4.78, 5) is 19.7. The van der Waals surface area contributed by atoms with Crippen molar-refractivity contribution in [2.45, 2.75) is 53.1 Å². The third-order valence-corrected chi connectivity index (χ3v) is 7.92. The van der Waals surface area contributed by atoms with Gasteiger partial charge >= 0.3 is 0 Å². The van der Waals surface area contributed by atoms with Gasteiger partial charge in [-0.05, 0) is 93.9 Å². The first-order valence-electron chi connectivity index (χ1n) is 13.3. The van der Waals surface area contributed by atoms with Crippen molar-refractivity contribution in [1.82, 2.24) is 19.8 Å². The normalized spacial score (nSPS) is 16.8. The lowest BCUT2D eigenvalue weighted by atomic mass is 9.96. The van der Waals surface area contributed by atoms with Crippen molar-refractivity contribution in [3.8, 4) is 5.69 Å². The molecule has 4 aromatic rings. The van der Waals surface area contributed by atoms with Crippen LogP contribution in [0.3, 0.4) is 0 Å². The lowest BCUT2D eigenvalue weighted by Gasteiger charge is -2.28. The first kappa shape index (κ1) is 26.6. The minimum atomic E-state index is -0.134. The molecule has 2 aromatic heterocycles. The van der Waals surface area contributed by atoms with Gasteiger partial charge in [0.25, 0.3) is 0 Å². The van der Waals surface area contributed by atoms with Crippen LogP contribution in [0.2, 0.25) is 0 Å². The molecule has 0 spiro atoms. The second-order valence-corrected chi connectivity index (χ2v) is 10.8. The summed E-state index contributed by atoms with van der Waals surface area (Å²) in [6.45, 7) is 11.2. The highest BCUT2D eigenvalue weighted by atomic mass is 32.1. The van der Waals surface area contributed by atoms with Crippen LogP contribution >= 0.6 is 12.2 Å². The molecule has 39 heavy (non-hydrogen) atoms. The zero-order chi connectivity index (χ0) is 27.7. The van der Waals surface area contributed by atoms with Crippen molar-refractivity contribution in [1.29, 1.82) is 0 Å². The van der Waals surface area contributed by atoms with Crippen LogP contribution in [-0.4, -0.2) is 32.0 Å². The molecule has 2 aromatic carbocycles. The predicted octanol–water partition coefficient (Wildman–Crippen LogP) is 6.42. The molecular weight excluding hydrogens is 502 g/mol. The molecule has 1 amide bonds. The van der Waals surface area contributed by atoms with E-state index >= 15 is 0 Å². The SMILES string of the molecule is Cc1ccc(NC(=O)CCN2C(=S)N[C@@H](c3ccccn3)[C@H]2c2cc(C)n(-c3c(C)cccc3C)c2C)cc1. The Labute approximate surface area is 236 Å². The second-order valence-electron chi connectivity index (χ2n) is 10.4. The standard InChI is InChI=1S/C32H35N5OS/c1-20-12-14-25(15-13-20)34-28(38)16-18-36-31(29(35-32(36)39)27-11-6-7-17-33-27)26-19-23(4)37(24(26)5)30-21(2)9-8-10-22(30)3/h6-15,17,19,29,31H,16,18H2,1-5H3,(H,34,38)(H,35,39)/t29-,31+/m0/s1. The number of amides is 1. The van der Waals surface area contributed by atoms with Crippen molar-refractivity contribution in [3.63, 3.8) is 0 Å². The highest BCUT2D eigenvalue weighted by Gasteiger charge is 2.41. The molecule has 1 fully saturated rings. The Morgan fingerprint density at radius 2 is 1.69 bits per heavy atom. The van der Waals surface area contributed by atoms with E-state index in [0.717, 1.165) is 28.3 Å². The summed E-state index contributed by atoms with van der Waals surface area (Å²) in [5.41, 5.74) is 10.1. The number of benzene rings is 2. The summed E-state index contributed by atoms with van der Waals surface area (Å²) in [5, 5.41) is 7.17. The van der Waals surface area contributed by atoms with Gasteiger partial charge in [-0.2, -0.15) is 0 Å². The fourth-order valence-electron chi connectivity index (χ4n) is 5.66. The first-order valence-corrected chi connectivity index (χ1v) is 13.8. The van der Waals surface area contributed by atoms with Gasteiger partial charge in [0, 0.05) is 36.2 Å². The zero-order valence-corrected chi connectivity index (χ0v) is 24.0. The van der Waals surface area contributed by atoms with E-state index in [2.05, 4.69) is 77.0 Å². The summed E-state index contributed by atoms with van der Waals surface area (Å²) in [6, 6.07) is 22.2. The van der Waals surface area contributed by atoms with E-state index in [4.69, 9.17) is 12.2 Å². The third-order valence-electron chi connectivity index (χ3n) is 7.56. The van der Waals surface area contributed by atoms with Crippen LogP contribution in [0, 0.1) is 34.6 Å². The molecular formula is C32H35N5OS. The highest BCUT2D eigenvalue weighted by Crippen LogP contribution is 2.42. The lowest BCUT2D eigenvalue weighted by molar-refractivity contribution is -0.116. The van der Waals surface area contributed by atoms with Gasteiger partial charge in [-0.3, -0.25) is 9.78 Å². The fraction of sp³-hybridized carbons (Fsp3) is 0.281. The maximum atomic E-state index is 12.9. The van der Waals surface area contributed by atoms with Crippen LogP contribution in [0.5, 0.6) is 0 Å². The van der Waals surface area contributed by atoms with Crippen molar-refractivity contribution in [2.24, 2.45) is 0 Å². The number of para-hydroxylation sites is 1. The van der Waals surface area contributed by atoms with Gasteiger partial charge in [0.05, 0.1) is 23.5 Å². The number of nitrogens with zero attached hydrogens (tertiary/aromatic N) is 3. The quantitative estimate of drug-likeness (QED) is 0.267. The van der Waals surface area contributed by atoms with E-state index in [-0.39, 0.29) is 18.0 Å². The minimum absolute atomic E-state index is 0.0392. The summed E-state index contributed by atoms with van der Waals surface area (Å²) in [7, 11) is 0. The number of anilines is 1. The molecule has 0 bridgehead atoms. The number of aromatic nitrogens is 2. The second kappa shape index (κ2) is 11.0. The number of hydrogen-bond acceptors (Lipinski definition) is 3. The lowest BCUT2D eigenvalue weighted by Crippen LogP contribution is -2.32. The Morgan fingerprint density at radius 1 is 0.974 bits per heavy atom. The summed E-state index contributed by atoms with van der Waals surface area (Å²) in [5.74, 6) is -0.0392. The van der Waals surface area contributed by atoms with E-state index < -0.39 is 0 Å². The molecule has 6 nitrogen and oxygen atoms in total. The number of nitrogens with one attached hydrogen (secondary N) is 2. The van der Waals surface area contributed by atoms with Crippen molar-refractivity contribution in [2.75, 3.05) is 11.9 Å². The molecule has 2 N–H and O–H groups in total. The number of pyridine rings is 1. The van der Waals surface area contributed by atoms with E-state index in [0.29, 0.717) is 18.1 Å². The summed E-state index contributed by atoms with van der Waals surface area (Å²) in [6.07, 6.45) is 2.13. The molecule has 200 valence electrons. The maximum absolute atomic E-state index is 12.9. The van der Waals surface area contributed by atoms with Gasteiger partial charge in [0.2, 0.25) is 5.91 Å². The van der Waals surface area contributed by atoms with Crippen LogP contribution in [0.1, 0.15) is 57.8 Å². The average Bonchev–Trinajstić information content (AvgIpc) is 3.39. The summed E-state index contributed by atoms with van der Waals surface area (Å²) < 4.78 is 2.35. The number of hydrogen-bond donors (Lipinski definition) is 2. The molecule has 0 aliphatic carbocycles. The van der Waals surface area contributed by atoms with Gasteiger partial charge < -0.3 is 20.1 Å². The van der Waals surface area contributed by atoms with Gasteiger partial charge in [0.1, 0.15) is 0 Å². The molecule has 1 aliphatic rings. The Morgan fingerprint density at radius 3 is 2.36 bits per heavy atom. The fourth-order valence-corrected chi connectivity index (χ4v) is 5.99. The van der Waals surface area contributed by atoms with Crippen molar-refractivity contribution < 1.29 is 4.79 Å². The van der Waals surface area contributed by atoms with Crippen LogP contribution in [0.15, 0.2) is 72.9 Å². The van der Waals surface area contributed by atoms with Crippen LogP contribution in [0.25, 0.3) is 5.69 Å². The molecule has 1 saturated heterocycles. The Kier molecular flexibility index (Phi) is 7.53. The third kappa shape index (κ3) is 5.32. The maximum Gasteiger partial charge on any atom is 0.226 e. The smallest absolute Gasteiger partial charge is 0.226 e. The molecule has 0 saturated carbocycles. The van der Waals surface area contributed by atoms with E-state index in [1.807, 2.05) is 55.6 Å². The number of carbonyl (C=O) groups excluding carboxylic acids is 1. The van der Waals surface area contributed by atoms with Gasteiger partial charge in [-0.15, -0.1) is 0 Å². The largest absolute Gasteiger partial charge is 0.352 e. The van der Waals surface area contributed by atoms with Crippen LogP contribution < -0.4 is 10.6 Å². The van der Waals surface area contributed by atoms with Crippen LogP contribution in [-0.2, 0) is 4.79 Å². The van der Waals surface area contributed by atoms with E-state index in [1.165, 1.54) is 22.4 Å². The van der Waals surface area contributed by atoms with Crippen LogP contribution in [0.4, 0.5) is 5.69 Å². The number of aryl methyl sites for hydroxylation is 4. The monoisotopic (exact) mass is 537 g/mol. The molecule has 3 heterocycles. The Bertz CT molecular complexity index is 1490. The number of rotatable bonds is 7. The average molecular weight is 538 g/mol. The molecule has 2 atom stereocenters. The van der Waals surface area contributed by atoms with Gasteiger partial charge in [-0.1, -0.05) is 42.0 Å². The van der Waals surface area contributed by atoms with Crippen molar-refractivity contribution >= 4 is 28.9 Å². The van der Waals surface area contributed by atoms with Gasteiger partial charge in [-0.25, -0.2) is 0 Å². The molecule has 1 aliphatic heterocycles. The summed E-state index contributed by atoms with van der Waals surface area (Å²) >= 11 is 5.86. The molecule has 7 heteroatoms. The molecule has 0 unspecified atom stereocenters. The predicted molar refractivity (Wildman–Crippen MR) is 161 cm³/mol.